The smallest absolute Gasteiger partial charge is 0.314 e. The van der Waals surface area contributed by atoms with E-state index in [0.717, 1.165) is 19.3 Å². The summed E-state index contributed by atoms with van der Waals surface area (Å²) in [7, 11) is 1.66. The third kappa shape index (κ3) is 4.30. The highest BCUT2D eigenvalue weighted by Gasteiger charge is 2.54. The van der Waals surface area contributed by atoms with Gasteiger partial charge in [-0.05, 0) is 51.5 Å². The van der Waals surface area contributed by atoms with Crippen LogP contribution in [0, 0.1) is 5.92 Å². The van der Waals surface area contributed by atoms with E-state index in [9.17, 15) is 4.79 Å². The highest BCUT2D eigenvalue weighted by molar-refractivity contribution is 5.73. The Morgan fingerprint density at radius 3 is 2.41 bits per heavy atom. The summed E-state index contributed by atoms with van der Waals surface area (Å²) < 4.78 is 0. The van der Waals surface area contributed by atoms with Crippen molar-refractivity contribution in [1.29, 1.82) is 0 Å². The second kappa shape index (κ2) is 8.61. The molecule has 5 atom stereocenters. The maximum Gasteiger partial charge on any atom is 0.314 e. The zero-order valence-corrected chi connectivity index (χ0v) is 18.0. The quantitative estimate of drug-likeness (QED) is 0.760. The van der Waals surface area contributed by atoms with Gasteiger partial charge in [-0.1, -0.05) is 51.1 Å². The van der Waals surface area contributed by atoms with Crippen LogP contribution in [0.2, 0.25) is 0 Å². The number of benzene rings is 1. The van der Waals surface area contributed by atoms with Crippen molar-refractivity contribution in [3.05, 3.63) is 35.9 Å². The number of nitrogens with one attached hydrogen (secondary N) is 2. The zero-order chi connectivity index (χ0) is 20.2. The Morgan fingerprint density at radius 1 is 1.26 bits per heavy atom. The van der Waals surface area contributed by atoms with Crippen molar-refractivity contribution < 1.29 is 9.63 Å². The van der Waals surface area contributed by atoms with Crippen molar-refractivity contribution in [3.8, 4) is 0 Å². The van der Waals surface area contributed by atoms with Gasteiger partial charge in [0, 0.05) is 24.2 Å². The topological polar surface area (TPSA) is 53.6 Å². The Bertz CT molecular complexity index is 623. The van der Waals surface area contributed by atoms with Gasteiger partial charge in [0.25, 0.3) is 0 Å². The van der Waals surface area contributed by atoms with Crippen LogP contribution in [0.4, 0.5) is 4.79 Å². The number of amides is 2. The molecule has 0 aromatic heterocycles. The molecule has 1 aliphatic rings. The number of carbonyl (C=O) groups is 1. The van der Waals surface area contributed by atoms with Crippen molar-refractivity contribution >= 4 is 6.03 Å². The lowest BCUT2D eigenvalue weighted by Crippen LogP contribution is -2.70. The highest BCUT2D eigenvalue weighted by atomic mass is 16.7. The van der Waals surface area contributed by atoms with E-state index in [1.807, 2.05) is 6.07 Å². The largest absolute Gasteiger partial charge is 0.341 e. The minimum atomic E-state index is -0.183. The van der Waals surface area contributed by atoms with E-state index >= 15 is 0 Å². The molecule has 5 nitrogen and oxygen atoms in total. The Hall–Kier alpha value is -1.59. The van der Waals surface area contributed by atoms with Gasteiger partial charge in [-0.2, -0.15) is 5.06 Å². The van der Waals surface area contributed by atoms with Crippen molar-refractivity contribution in [2.75, 3.05) is 7.05 Å². The second-order valence-electron chi connectivity index (χ2n) is 8.34. The highest BCUT2D eigenvalue weighted by Crippen LogP contribution is 2.47. The minimum Gasteiger partial charge on any atom is -0.341 e. The summed E-state index contributed by atoms with van der Waals surface area (Å²) in [6.45, 7) is 13.3. The molecular formula is C22H37N3O2. The predicted octanol–water partition coefficient (Wildman–Crippen LogP) is 4.66. The van der Waals surface area contributed by atoms with Crippen molar-refractivity contribution in [3.63, 3.8) is 0 Å². The van der Waals surface area contributed by atoms with Gasteiger partial charge in [0.1, 0.15) is 6.10 Å². The van der Waals surface area contributed by atoms with Gasteiger partial charge in [-0.15, -0.1) is 0 Å². The summed E-state index contributed by atoms with van der Waals surface area (Å²) in [4.78, 5) is 18.6. The number of carbonyl (C=O) groups excluding carboxylic acids is 1. The molecule has 1 aromatic rings. The number of hydroxylamine groups is 2. The minimum absolute atomic E-state index is 0.0291. The van der Waals surface area contributed by atoms with Gasteiger partial charge in [0.15, 0.2) is 0 Å². The molecule has 0 radical (unpaired) electrons. The number of rotatable bonds is 6. The van der Waals surface area contributed by atoms with E-state index in [4.69, 9.17) is 4.84 Å². The lowest BCUT2D eigenvalue weighted by atomic mass is 9.68. The average molecular weight is 376 g/mol. The second-order valence-corrected chi connectivity index (χ2v) is 8.34. The normalized spacial score (nSPS) is 32.7. The molecule has 5 heteroatoms. The van der Waals surface area contributed by atoms with Crippen LogP contribution < -0.4 is 10.6 Å². The van der Waals surface area contributed by atoms with Gasteiger partial charge in [0.05, 0.1) is 0 Å². The molecule has 152 valence electrons. The van der Waals surface area contributed by atoms with Crippen LogP contribution in [-0.4, -0.2) is 35.3 Å². The van der Waals surface area contributed by atoms with Gasteiger partial charge < -0.3 is 10.6 Å². The maximum atomic E-state index is 12.0. The lowest BCUT2D eigenvalue weighted by Gasteiger charge is -2.60. The molecule has 2 rings (SSSR count). The van der Waals surface area contributed by atoms with Gasteiger partial charge >= 0.3 is 6.03 Å². The summed E-state index contributed by atoms with van der Waals surface area (Å²) >= 11 is 0. The molecule has 5 unspecified atom stereocenters. The third-order valence-corrected chi connectivity index (χ3v) is 6.75. The third-order valence-electron chi connectivity index (χ3n) is 6.75. The fourth-order valence-electron chi connectivity index (χ4n) is 4.33. The van der Waals surface area contributed by atoms with Crippen LogP contribution >= 0.6 is 0 Å². The SMILES string of the molecule is CCC1(C)CC(NC(=O)NC)C(C)C(C)(CC)N1OC(C)c1ccccc1. The summed E-state index contributed by atoms with van der Waals surface area (Å²) in [5, 5.41) is 8.12. The van der Waals surface area contributed by atoms with Crippen LogP contribution in [0.15, 0.2) is 30.3 Å². The fourth-order valence-corrected chi connectivity index (χ4v) is 4.33. The van der Waals surface area contributed by atoms with Crippen LogP contribution in [-0.2, 0) is 4.84 Å². The average Bonchev–Trinajstić information content (AvgIpc) is 2.69. The number of nitrogens with zero attached hydrogens (tertiary/aromatic N) is 1. The molecule has 0 saturated carbocycles. The number of urea groups is 1. The number of hydrogen-bond donors (Lipinski definition) is 2. The lowest BCUT2D eigenvalue weighted by molar-refractivity contribution is -0.327. The Kier molecular flexibility index (Phi) is 6.92. The van der Waals surface area contributed by atoms with E-state index in [1.165, 1.54) is 5.56 Å². The maximum absolute atomic E-state index is 12.0. The molecule has 1 heterocycles. The molecule has 0 spiro atoms. The van der Waals surface area contributed by atoms with Crippen LogP contribution in [0.1, 0.15) is 72.5 Å². The summed E-state index contributed by atoms with van der Waals surface area (Å²) in [5.74, 6) is 0.252. The molecule has 27 heavy (non-hydrogen) atoms. The van der Waals surface area contributed by atoms with Crippen LogP contribution in [0.3, 0.4) is 0 Å². The van der Waals surface area contributed by atoms with E-state index in [-0.39, 0.29) is 35.2 Å². The predicted molar refractivity (Wildman–Crippen MR) is 110 cm³/mol. The number of piperidine rings is 1. The first-order valence-electron chi connectivity index (χ1n) is 10.2. The van der Waals surface area contributed by atoms with Crippen LogP contribution in [0.25, 0.3) is 0 Å². The molecule has 0 aliphatic carbocycles. The van der Waals surface area contributed by atoms with E-state index in [0.29, 0.717) is 0 Å². The monoisotopic (exact) mass is 375 g/mol. The molecule has 1 aliphatic heterocycles. The van der Waals surface area contributed by atoms with E-state index in [2.05, 4.69) is 81.5 Å². The number of hydrogen-bond acceptors (Lipinski definition) is 3. The molecule has 1 fully saturated rings. The van der Waals surface area contributed by atoms with Crippen LogP contribution in [0.5, 0.6) is 0 Å². The first-order chi connectivity index (χ1) is 12.7. The molecule has 1 saturated heterocycles. The van der Waals surface area contributed by atoms with Gasteiger partial charge in [-0.25, -0.2) is 4.79 Å². The Labute approximate surface area is 164 Å². The van der Waals surface area contributed by atoms with Gasteiger partial charge in [-0.3, -0.25) is 4.84 Å². The Morgan fingerprint density at radius 2 is 1.89 bits per heavy atom. The first kappa shape index (κ1) is 21.7. The fraction of sp³-hybridized carbons (Fsp3) is 0.682. The summed E-state index contributed by atoms with van der Waals surface area (Å²) in [6.07, 6.45) is 2.72. The van der Waals surface area contributed by atoms with Crippen molar-refractivity contribution in [2.24, 2.45) is 5.92 Å². The zero-order valence-electron chi connectivity index (χ0n) is 18.0. The molecule has 2 amide bonds. The van der Waals surface area contributed by atoms with Crippen molar-refractivity contribution in [1.82, 2.24) is 15.7 Å². The van der Waals surface area contributed by atoms with E-state index in [1.54, 1.807) is 7.05 Å². The summed E-state index contributed by atoms with van der Waals surface area (Å²) in [5.41, 5.74) is 0.830. The Balaban J connectivity index is 2.34. The molecule has 2 N–H and O–H groups in total. The van der Waals surface area contributed by atoms with Gasteiger partial charge in [0.2, 0.25) is 0 Å². The standard InChI is InChI=1S/C22H37N3O2/c1-8-21(5)15-19(24-20(26)23-7)16(3)22(6,9-2)25(21)27-17(4)18-13-11-10-12-14-18/h10-14,16-17,19H,8-9,15H2,1-7H3,(H2,23,24,26). The van der Waals surface area contributed by atoms with E-state index < -0.39 is 0 Å². The molecular weight excluding hydrogens is 338 g/mol. The molecule has 1 aromatic carbocycles. The summed E-state index contributed by atoms with van der Waals surface area (Å²) in [6, 6.07) is 10.3. The molecule has 0 bridgehead atoms. The van der Waals surface area contributed by atoms with Crippen molar-refractivity contribution in [2.45, 2.75) is 84.0 Å². The first-order valence-corrected chi connectivity index (χ1v) is 10.2.